The van der Waals surface area contributed by atoms with Gasteiger partial charge in [-0.25, -0.2) is 4.79 Å². The zero-order valence-electron chi connectivity index (χ0n) is 13.9. The quantitative estimate of drug-likeness (QED) is 0.487. The Labute approximate surface area is 149 Å². The molecule has 0 bridgehead atoms. The largest absolute Gasteiger partial charge is 0.346 e. The summed E-state index contributed by atoms with van der Waals surface area (Å²) in [5.74, 6) is -0.0881. The molecule has 1 amide bonds. The molecule has 1 aliphatic carbocycles. The number of aromatic amines is 1. The monoisotopic (exact) mass is 357 g/mol. The number of benzene rings is 1. The van der Waals surface area contributed by atoms with Gasteiger partial charge in [-0.3, -0.25) is 9.59 Å². The summed E-state index contributed by atoms with van der Waals surface area (Å²) in [6.07, 6.45) is 3.86. The normalized spacial score (nSPS) is 13.2. The van der Waals surface area contributed by atoms with Crippen molar-refractivity contribution in [2.45, 2.75) is 37.6 Å². The first-order valence-electron chi connectivity index (χ1n) is 8.18. The molecule has 25 heavy (non-hydrogen) atoms. The fourth-order valence-corrected chi connectivity index (χ4v) is 3.75. The third-order valence-corrected chi connectivity index (χ3v) is 5.10. The number of anilines is 1. The number of hydrogen-bond donors (Lipinski definition) is 2. The van der Waals surface area contributed by atoms with Gasteiger partial charge in [0.1, 0.15) is 5.03 Å². The minimum atomic E-state index is -0.363. The van der Waals surface area contributed by atoms with Gasteiger partial charge in [0.2, 0.25) is 5.91 Å². The number of thioether (sulfide) groups is 1. The van der Waals surface area contributed by atoms with Gasteiger partial charge in [-0.15, -0.1) is 0 Å². The molecule has 0 saturated heterocycles. The number of nitrogens with one attached hydrogen (secondary N) is 2. The highest BCUT2D eigenvalue weighted by molar-refractivity contribution is 8.00. The van der Waals surface area contributed by atoms with Gasteiger partial charge in [-0.2, -0.15) is 4.98 Å². The number of hydrogen-bond acceptors (Lipinski definition) is 5. The number of aromatic nitrogens is 2. The van der Waals surface area contributed by atoms with E-state index in [1.165, 1.54) is 18.7 Å². The summed E-state index contributed by atoms with van der Waals surface area (Å²) in [6.45, 7) is 1.48. The second-order valence-corrected chi connectivity index (χ2v) is 6.95. The lowest BCUT2D eigenvalue weighted by Gasteiger charge is -2.17. The van der Waals surface area contributed by atoms with E-state index in [9.17, 15) is 14.4 Å². The van der Waals surface area contributed by atoms with Crippen molar-refractivity contribution < 1.29 is 9.59 Å². The van der Waals surface area contributed by atoms with Crippen molar-refractivity contribution >= 4 is 29.1 Å². The highest BCUT2D eigenvalue weighted by Crippen LogP contribution is 2.27. The van der Waals surface area contributed by atoms with Crippen LogP contribution >= 0.6 is 11.8 Å². The average molecular weight is 357 g/mol. The van der Waals surface area contributed by atoms with Crippen LogP contribution in [0, 0.1) is 0 Å². The van der Waals surface area contributed by atoms with Crippen molar-refractivity contribution in [2.24, 2.45) is 0 Å². The molecule has 130 valence electrons. The van der Waals surface area contributed by atoms with Gasteiger partial charge in [0, 0.05) is 22.5 Å². The number of Topliss-reactive ketones (excluding diaryl/α,β-unsaturated/α-hetero) is 1. The van der Waals surface area contributed by atoms with E-state index in [0.717, 1.165) is 36.9 Å². The van der Waals surface area contributed by atoms with Gasteiger partial charge in [0.05, 0.1) is 5.75 Å². The standard InChI is InChI=1S/C18H19N3O3S/c1-11(22)12-5-4-6-13(9-12)19-16(23)10-25-17-14-7-2-3-8-15(14)20-18(24)21-17/h4-6,9H,2-3,7-8,10H2,1H3,(H,19,23)(H,20,21,24). The molecule has 7 heteroatoms. The lowest BCUT2D eigenvalue weighted by atomic mass is 9.98. The first kappa shape index (κ1) is 17.4. The number of rotatable bonds is 5. The van der Waals surface area contributed by atoms with Crippen molar-refractivity contribution in [3.05, 3.63) is 51.6 Å². The fraction of sp³-hybridized carbons (Fsp3) is 0.333. The Balaban J connectivity index is 1.67. The van der Waals surface area contributed by atoms with Crippen LogP contribution in [0.1, 0.15) is 41.4 Å². The summed E-state index contributed by atoms with van der Waals surface area (Å²) < 4.78 is 0. The summed E-state index contributed by atoms with van der Waals surface area (Å²) in [5.41, 5.74) is 2.78. The van der Waals surface area contributed by atoms with Gasteiger partial charge >= 0.3 is 5.69 Å². The predicted molar refractivity (Wildman–Crippen MR) is 97.3 cm³/mol. The smallest absolute Gasteiger partial charge is 0.325 e. The zero-order valence-corrected chi connectivity index (χ0v) is 14.7. The number of ketones is 1. The Bertz CT molecular complexity index is 876. The van der Waals surface area contributed by atoms with E-state index < -0.39 is 0 Å². The number of amides is 1. The first-order valence-corrected chi connectivity index (χ1v) is 9.17. The SMILES string of the molecule is CC(=O)c1cccc(NC(=O)CSc2nc(=O)[nH]c3c2CCCC3)c1. The molecule has 0 fully saturated rings. The second-order valence-electron chi connectivity index (χ2n) is 5.99. The van der Waals surface area contributed by atoms with E-state index in [2.05, 4.69) is 15.3 Å². The van der Waals surface area contributed by atoms with E-state index in [1.807, 2.05) is 0 Å². The maximum absolute atomic E-state index is 12.2. The summed E-state index contributed by atoms with van der Waals surface area (Å²) in [6, 6.07) is 6.83. The Kier molecular flexibility index (Phi) is 5.33. The number of aryl methyl sites for hydroxylation is 1. The molecule has 6 nitrogen and oxygen atoms in total. The van der Waals surface area contributed by atoms with E-state index in [-0.39, 0.29) is 23.1 Å². The molecule has 0 saturated carbocycles. The van der Waals surface area contributed by atoms with E-state index in [0.29, 0.717) is 16.3 Å². The van der Waals surface area contributed by atoms with Crippen LogP contribution in [0.3, 0.4) is 0 Å². The number of fused-ring (bicyclic) bond motifs is 1. The molecule has 2 aromatic rings. The van der Waals surface area contributed by atoms with Gasteiger partial charge in [0.15, 0.2) is 5.78 Å². The maximum atomic E-state index is 12.2. The van der Waals surface area contributed by atoms with Crippen LogP contribution in [0.25, 0.3) is 0 Å². The van der Waals surface area contributed by atoms with E-state index in [1.54, 1.807) is 24.3 Å². The van der Waals surface area contributed by atoms with Crippen LogP contribution in [0.5, 0.6) is 0 Å². The fourth-order valence-electron chi connectivity index (χ4n) is 2.86. The predicted octanol–water partition coefficient (Wildman–Crippen LogP) is 2.58. The lowest BCUT2D eigenvalue weighted by molar-refractivity contribution is -0.113. The molecule has 0 unspecified atom stereocenters. The van der Waals surface area contributed by atoms with Gasteiger partial charge in [-0.1, -0.05) is 23.9 Å². The van der Waals surface area contributed by atoms with Gasteiger partial charge in [0.25, 0.3) is 0 Å². The molecular weight excluding hydrogens is 338 g/mol. The lowest BCUT2D eigenvalue weighted by Crippen LogP contribution is -2.21. The molecule has 2 N–H and O–H groups in total. The van der Waals surface area contributed by atoms with Crippen LogP contribution in [0.4, 0.5) is 5.69 Å². The van der Waals surface area contributed by atoms with Crippen molar-refractivity contribution in [2.75, 3.05) is 11.1 Å². The van der Waals surface area contributed by atoms with Gasteiger partial charge in [-0.05, 0) is 44.7 Å². The topological polar surface area (TPSA) is 91.9 Å². The summed E-state index contributed by atoms with van der Waals surface area (Å²) >= 11 is 1.28. The van der Waals surface area contributed by atoms with E-state index in [4.69, 9.17) is 0 Å². The molecule has 1 aliphatic rings. The second kappa shape index (κ2) is 7.65. The summed E-state index contributed by atoms with van der Waals surface area (Å²) in [7, 11) is 0. The molecule has 1 aromatic heterocycles. The van der Waals surface area contributed by atoms with Crippen LogP contribution in [0.15, 0.2) is 34.1 Å². The van der Waals surface area contributed by atoms with Crippen molar-refractivity contribution in [3.8, 4) is 0 Å². The van der Waals surface area contributed by atoms with Crippen LogP contribution in [0.2, 0.25) is 0 Å². The maximum Gasteiger partial charge on any atom is 0.346 e. The van der Waals surface area contributed by atoms with Crippen molar-refractivity contribution in [3.63, 3.8) is 0 Å². The number of carbonyl (C=O) groups excluding carboxylic acids is 2. The number of H-pyrrole nitrogens is 1. The average Bonchev–Trinajstić information content (AvgIpc) is 2.59. The molecular formula is C18H19N3O3S. The molecule has 0 spiro atoms. The number of carbonyl (C=O) groups is 2. The summed E-state index contributed by atoms with van der Waals surface area (Å²) in [4.78, 5) is 42.1. The number of nitrogens with zero attached hydrogens (tertiary/aromatic N) is 1. The van der Waals surface area contributed by atoms with Crippen molar-refractivity contribution in [1.82, 2.24) is 9.97 Å². The third-order valence-electron chi connectivity index (χ3n) is 4.08. The Hall–Kier alpha value is -2.41. The first-order chi connectivity index (χ1) is 12.0. The Morgan fingerprint density at radius 1 is 1.28 bits per heavy atom. The van der Waals surface area contributed by atoms with Crippen LogP contribution in [-0.4, -0.2) is 27.4 Å². The van der Waals surface area contributed by atoms with Crippen LogP contribution < -0.4 is 11.0 Å². The third kappa shape index (κ3) is 4.36. The molecule has 0 atom stereocenters. The van der Waals surface area contributed by atoms with Crippen molar-refractivity contribution in [1.29, 1.82) is 0 Å². The minimum absolute atomic E-state index is 0.0511. The molecule has 1 aromatic carbocycles. The molecule has 1 heterocycles. The Morgan fingerprint density at radius 3 is 2.88 bits per heavy atom. The highest BCUT2D eigenvalue weighted by Gasteiger charge is 2.17. The summed E-state index contributed by atoms with van der Waals surface area (Å²) in [5, 5.41) is 3.42. The van der Waals surface area contributed by atoms with Crippen LogP contribution in [-0.2, 0) is 17.6 Å². The Morgan fingerprint density at radius 2 is 2.08 bits per heavy atom. The molecule has 0 aliphatic heterocycles. The minimum Gasteiger partial charge on any atom is -0.325 e. The molecule has 3 rings (SSSR count). The highest BCUT2D eigenvalue weighted by atomic mass is 32.2. The van der Waals surface area contributed by atoms with E-state index >= 15 is 0 Å². The van der Waals surface area contributed by atoms with Gasteiger partial charge < -0.3 is 10.3 Å². The zero-order chi connectivity index (χ0) is 17.8. The molecule has 0 radical (unpaired) electrons.